The SMILES string of the molecule is CCn1nc(C)c(N)c1C(=O)NC(C1CC1)C1CC1. The van der Waals surface area contributed by atoms with Crippen LogP contribution in [-0.2, 0) is 6.54 Å². The lowest BCUT2D eigenvalue weighted by atomic mass is 10.1. The number of nitrogens with two attached hydrogens (primary N) is 1. The van der Waals surface area contributed by atoms with E-state index in [1.165, 1.54) is 25.7 Å². The minimum Gasteiger partial charge on any atom is -0.395 e. The normalized spacial score (nSPS) is 18.9. The van der Waals surface area contributed by atoms with Gasteiger partial charge in [-0.3, -0.25) is 9.48 Å². The Morgan fingerprint density at radius 2 is 2.00 bits per heavy atom. The highest BCUT2D eigenvalue weighted by atomic mass is 16.2. The van der Waals surface area contributed by atoms with Crippen LogP contribution in [0.1, 0.15) is 48.8 Å². The number of hydrogen-bond donors (Lipinski definition) is 2. The van der Waals surface area contributed by atoms with E-state index in [4.69, 9.17) is 5.73 Å². The van der Waals surface area contributed by atoms with Gasteiger partial charge < -0.3 is 11.1 Å². The highest BCUT2D eigenvalue weighted by Gasteiger charge is 2.42. The van der Waals surface area contributed by atoms with Crippen molar-refractivity contribution < 1.29 is 4.79 Å². The number of nitrogens with one attached hydrogen (secondary N) is 1. The quantitative estimate of drug-likeness (QED) is 0.848. The summed E-state index contributed by atoms with van der Waals surface area (Å²) in [6.45, 7) is 4.48. The molecule has 3 N–H and O–H groups in total. The number of aromatic nitrogens is 2. The summed E-state index contributed by atoms with van der Waals surface area (Å²) in [4.78, 5) is 12.5. The van der Waals surface area contributed by atoms with Gasteiger partial charge in [-0.25, -0.2) is 0 Å². The number of hydrogen-bond acceptors (Lipinski definition) is 3. The second-order valence-electron chi connectivity index (χ2n) is 5.84. The summed E-state index contributed by atoms with van der Waals surface area (Å²) >= 11 is 0. The number of carbonyl (C=O) groups excluding carboxylic acids is 1. The molecule has 1 heterocycles. The van der Waals surface area contributed by atoms with Crippen molar-refractivity contribution in [3.8, 4) is 0 Å². The predicted molar refractivity (Wildman–Crippen MR) is 73.8 cm³/mol. The summed E-state index contributed by atoms with van der Waals surface area (Å²) in [5, 5.41) is 7.52. The van der Waals surface area contributed by atoms with Crippen LogP contribution < -0.4 is 11.1 Å². The van der Waals surface area contributed by atoms with Crippen molar-refractivity contribution in [1.29, 1.82) is 0 Å². The zero-order valence-electron chi connectivity index (χ0n) is 11.6. The maximum atomic E-state index is 12.5. The third-order valence-electron chi connectivity index (χ3n) is 4.25. The Hall–Kier alpha value is -1.52. The first-order valence-corrected chi connectivity index (χ1v) is 7.25. The molecule has 2 aliphatic carbocycles. The van der Waals surface area contributed by atoms with E-state index in [1.54, 1.807) is 4.68 Å². The molecule has 1 aromatic heterocycles. The van der Waals surface area contributed by atoms with E-state index in [0.717, 1.165) is 5.69 Å². The van der Waals surface area contributed by atoms with Crippen LogP contribution in [0.5, 0.6) is 0 Å². The molecule has 0 atom stereocenters. The van der Waals surface area contributed by atoms with Gasteiger partial charge in [0.2, 0.25) is 0 Å². The first-order valence-electron chi connectivity index (χ1n) is 7.25. The average Bonchev–Trinajstić information content (AvgIpc) is 3.27. The fraction of sp³-hybridized carbons (Fsp3) is 0.714. The average molecular weight is 262 g/mol. The summed E-state index contributed by atoms with van der Waals surface area (Å²) in [7, 11) is 0. The molecular formula is C14H22N4O. The van der Waals surface area contributed by atoms with Gasteiger partial charge in [0.05, 0.1) is 11.4 Å². The van der Waals surface area contributed by atoms with Crippen LogP contribution in [0.4, 0.5) is 5.69 Å². The molecule has 2 fully saturated rings. The molecule has 3 rings (SSSR count). The Bertz CT molecular complexity index is 488. The fourth-order valence-corrected chi connectivity index (χ4v) is 2.81. The lowest BCUT2D eigenvalue weighted by Gasteiger charge is -2.18. The van der Waals surface area contributed by atoms with Gasteiger partial charge in [-0.1, -0.05) is 0 Å². The van der Waals surface area contributed by atoms with Crippen LogP contribution >= 0.6 is 0 Å². The van der Waals surface area contributed by atoms with E-state index in [1.807, 2.05) is 13.8 Å². The number of aryl methyl sites for hydroxylation is 2. The molecule has 5 heteroatoms. The number of anilines is 1. The van der Waals surface area contributed by atoms with E-state index in [-0.39, 0.29) is 5.91 Å². The molecule has 0 saturated heterocycles. The Morgan fingerprint density at radius 1 is 1.42 bits per heavy atom. The predicted octanol–water partition coefficient (Wildman–Crippen LogP) is 1.71. The Labute approximate surface area is 113 Å². The van der Waals surface area contributed by atoms with E-state index in [2.05, 4.69) is 10.4 Å². The van der Waals surface area contributed by atoms with Gasteiger partial charge in [0.15, 0.2) is 0 Å². The highest BCUT2D eigenvalue weighted by molar-refractivity contribution is 5.98. The van der Waals surface area contributed by atoms with Crippen molar-refractivity contribution in [2.75, 3.05) is 5.73 Å². The molecule has 2 aliphatic rings. The van der Waals surface area contributed by atoms with Crippen LogP contribution in [0.2, 0.25) is 0 Å². The van der Waals surface area contributed by atoms with Crippen LogP contribution in [0, 0.1) is 18.8 Å². The van der Waals surface area contributed by atoms with E-state index in [0.29, 0.717) is 35.8 Å². The van der Waals surface area contributed by atoms with Gasteiger partial charge in [-0.05, 0) is 51.4 Å². The largest absolute Gasteiger partial charge is 0.395 e. The molecular weight excluding hydrogens is 240 g/mol. The molecule has 5 nitrogen and oxygen atoms in total. The van der Waals surface area contributed by atoms with E-state index < -0.39 is 0 Å². The number of amides is 1. The lowest BCUT2D eigenvalue weighted by molar-refractivity contribution is 0.0916. The molecule has 1 aromatic rings. The summed E-state index contributed by atoms with van der Waals surface area (Å²) < 4.78 is 1.71. The molecule has 0 bridgehead atoms. The van der Waals surface area contributed by atoms with Crippen LogP contribution in [0.3, 0.4) is 0 Å². The maximum Gasteiger partial charge on any atom is 0.271 e. The van der Waals surface area contributed by atoms with Gasteiger partial charge in [-0.15, -0.1) is 0 Å². The number of rotatable bonds is 5. The lowest BCUT2D eigenvalue weighted by Crippen LogP contribution is -2.39. The maximum absolute atomic E-state index is 12.5. The van der Waals surface area contributed by atoms with Gasteiger partial charge >= 0.3 is 0 Å². The van der Waals surface area contributed by atoms with E-state index in [9.17, 15) is 4.79 Å². The van der Waals surface area contributed by atoms with Gasteiger partial charge in [0, 0.05) is 12.6 Å². The van der Waals surface area contributed by atoms with Crippen molar-refractivity contribution in [2.45, 2.75) is 52.1 Å². The number of nitrogens with zero attached hydrogens (tertiary/aromatic N) is 2. The summed E-state index contributed by atoms with van der Waals surface area (Å²) in [5.41, 5.74) is 7.78. The molecule has 0 aromatic carbocycles. The Balaban J connectivity index is 1.79. The third-order valence-corrected chi connectivity index (χ3v) is 4.25. The van der Waals surface area contributed by atoms with Crippen molar-refractivity contribution >= 4 is 11.6 Å². The zero-order chi connectivity index (χ0) is 13.6. The van der Waals surface area contributed by atoms with Gasteiger partial charge in [-0.2, -0.15) is 5.10 Å². The summed E-state index contributed by atoms with van der Waals surface area (Å²) in [5.74, 6) is 1.33. The van der Waals surface area contributed by atoms with Gasteiger partial charge in [0.1, 0.15) is 5.69 Å². The molecule has 1 amide bonds. The van der Waals surface area contributed by atoms with Crippen LogP contribution in [0.15, 0.2) is 0 Å². The molecule has 19 heavy (non-hydrogen) atoms. The van der Waals surface area contributed by atoms with E-state index >= 15 is 0 Å². The zero-order valence-corrected chi connectivity index (χ0v) is 11.6. The third kappa shape index (κ3) is 2.33. The minimum absolute atomic E-state index is 0.0521. The second kappa shape index (κ2) is 4.54. The number of carbonyl (C=O) groups is 1. The molecule has 2 saturated carbocycles. The Morgan fingerprint density at radius 3 is 2.47 bits per heavy atom. The summed E-state index contributed by atoms with van der Waals surface area (Å²) in [6, 6.07) is 0.354. The fourth-order valence-electron chi connectivity index (χ4n) is 2.81. The molecule has 0 unspecified atom stereocenters. The summed E-state index contributed by atoms with van der Waals surface area (Å²) in [6.07, 6.45) is 5.01. The highest BCUT2D eigenvalue weighted by Crippen LogP contribution is 2.44. The van der Waals surface area contributed by atoms with Crippen molar-refractivity contribution in [2.24, 2.45) is 11.8 Å². The van der Waals surface area contributed by atoms with Crippen molar-refractivity contribution in [3.05, 3.63) is 11.4 Å². The minimum atomic E-state index is -0.0521. The standard InChI is InChI=1S/C14H22N4O/c1-3-18-13(11(15)8(2)17-18)14(19)16-12(9-4-5-9)10-6-7-10/h9-10,12H,3-7,15H2,1-2H3,(H,16,19). The molecule has 0 radical (unpaired) electrons. The molecule has 104 valence electrons. The van der Waals surface area contributed by atoms with Gasteiger partial charge in [0.25, 0.3) is 5.91 Å². The van der Waals surface area contributed by atoms with Crippen molar-refractivity contribution in [1.82, 2.24) is 15.1 Å². The number of nitrogen functional groups attached to an aromatic ring is 1. The second-order valence-corrected chi connectivity index (χ2v) is 5.84. The first kappa shape index (κ1) is 12.5. The Kier molecular flexibility index (Phi) is 2.99. The first-order chi connectivity index (χ1) is 9.11. The van der Waals surface area contributed by atoms with Crippen molar-refractivity contribution in [3.63, 3.8) is 0 Å². The smallest absolute Gasteiger partial charge is 0.271 e. The molecule has 0 spiro atoms. The van der Waals surface area contributed by atoms with Crippen LogP contribution in [-0.4, -0.2) is 21.7 Å². The monoisotopic (exact) mass is 262 g/mol. The topological polar surface area (TPSA) is 72.9 Å². The van der Waals surface area contributed by atoms with Crippen LogP contribution in [0.25, 0.3) is 0 Å². The molecule has 0 aliphatic heterocycles.